The molecule has 164 valence electrons. The van der Waals surface area contributed by atoms with Crippen LogP contribution in [0, 0.1) is 0 Å². The van der Waals surface area contributed by atoms with Crippen molar-refractivity contribution in [3.05, 3.63) is 35.4 Å². The topological polar surface area (TPSA) is 108 Å². The van der Waals surface area contributed by atoms with Crippen LogP contribution in [0.4, 0.5) is 0 Å². The quantitative estimate of drug-likeness (QED) is 0.495. The smallest absolute Gasteiger partial charge is 0.245 e. The Hall–Kier alpha value is -2.10. The summed E-state index contributed by atoms with van der Waals surface area (Å²) >= 11 is 1.46. The lowest BCUT2D eigenvalue weighted by Gasteiger charge is -2.34. The van der Waals surface area contributed by atoms with E-state index in [1.807, 2.05) is 36.2 Å². The summed E-state index contributed by atoms with van der Waals surface area (Å²) in [7, 11) is 2.04. The maximum absolute atomic E-state index is 13.0. The number of carbonyl (C=O) groups excluding carboxylic acids is 3. The fourth-order valence-electron chi connectivity index (χ4n) is 3.40. The van der Waals surface area contributed by atoms with Gasteiger partial charge in [0.15, 0.2) is 0 Å². The van der Waals surface area contributed by atoms with E-state index in [0.29, 0.717) is 32.5 Å². The van der Waals surface area contributed by atoms with Crippen LogP contribution in [0.2, 0.25) is 0 Å². The summed E-state index contributed by atoms with van der Waals surface area (Å²) in [6.45, 7) is 5.25. The molecule has 3 amide bonds. The molecule has 2 aliphatic rings. The fraction of sp³-hybridized carbons (Fsp3) is 0.571. The zero-order valence-electron chi connectivity index (χ0n) is 17.6. The first-order valence-corrected chi connectivity index (χ1v) is 11.3. The second-order valence-electron chi connectivity index (χ2n) is 7.86. The van der Waals surface area contributed by atoms with Crippen molar-refractivity contribution in [3.63, 3.8) is 0 Å². The molecule has 2 unspecified atom stereocenters. The molecule has 0 bridgehead atoms. The maximum atomic E-state index is 13.0. The maximum Gasteiger partial charge on any atom is 0.245 e. The highest BCUT2D eigenvalue weighted by Crippen LogP contribution is 2.36. The highest BCUT2D eigenvalue weighted by atomic mass is 32.2. The monoisotopic (exact) mass is 433 g/mol. The van der Waals surface area contributed by atoms with Crippen LogP contribution >= 0.6 is 11.8 Å². The van der Waals surface area contributed by atoms with Gasteiger partial charge in [0.05, 0.1) is 5.37 Å². The number of rotatable bonds is 8. The third kappa shape index (κ3) is 6.20. The summed E-state index contributed by atoms with van der Waals surface area (Å²) in [5.41, 5.74) is 7.61. The summed E-state index contributed by atoms with van der Waals surface area (Å²) in [4.78, 5) is 40.9. The molecule has 2 aliphatic heterocycles. The predicted molar refractivity (Wildman–Crippen MR) is 118 cm³/mol. The number of nitrogens with two attached hydrogens (primary N) is 1. The van der Waals surface area contributed by atoms with Gasteiger partial charge in [-0.1, -0.05) is 31.2 Å². The average molecular weight is 434 g/mol. The van der Waals surface area contributed by atoms with Crippen LogP contribution in [0.5, 0.6) is 0 Å². The normalized spacial score (nSPS) is 22.3. The number of benzene rings is 1. The van der Waals surface area contributed by atoms with Crippen molar-refractivity contribution in [1.29, 1.82) is 0 Å². The van der Waals surface area contributed by atoms with Crippen LogP contribution in [0.1, 0.15) is 24.5 Å². The molecule has 8 nitrogen and oxygen atoms in total. The van der Waals surface area contributed by atoms with Crippen LogP contribution in [0.15, 0.2) is 24.3 Å². The van der Waals surface area contributed by atoms with Gasteiger partial charge >= 0.3 is 0 Å². The Morgan fingerprint density at radius 2 is 1.73 bits per heavy atom. The van der Waals surface area contributed by atoms with Crippen LogP contribution in [0.3, 0.4) is 0 Å². The van der Waals surface area contributed by atoms with E-state index < -0.39 is 6.04 Å². The number of hydrogen-bond donors (Lipinski definition) is 3. The van der Waals surface area contributed by atoms with Crippen molar-refractivity contribution >= 4 is 29.5 Å². The third-order valence-electron chi connectivity index (χ3n) is 5.48. The van der Waals surface area contributed by atoms with Crippen LogP contribution < -0.4 is 16.4 Å². The molecule has 3 atom stereocenters. The standard InChI is InChI=1S/C21H31N5O3S/c1-3-17(27)24-16(21(29)26-10-8-25(2)9-11-26)12-14-4-6-15(7-5-14)13-23-20(28)18-19(22)30-18/h4-7,16,18-19H,3,8-13,22H2,1-2H3,(H,23,28)(H,24,27)/t16-,18?,19?/m1/s1. The Morgan fingerprint density at radius 3 is 2.30 bits per heavy atom. The molecule has 0 saturated carbocycles. The molecule has 4 N–H and O–H groups in total. The molecule has 30 heavy (non-hydrogen) atoms. The lowest BCUT2D eigenvalue weighted by molar-refractivity contribution is -0.137. The van der Waals surface area contributed by atoms with E-state index in [9.17, 15) is 14.4 Å². The molecular formula is C21H31N5O3S. The average Bonchev–Trinajstić information content (AvgIpc) is 3.49. The lowest BCUT2D eigenvalue weighted by atomic mass is 10.0. The Balaban J connectivity index is 1.58. The summed E-state index contributed by atoms with van der Waals surface area (Å²) in [5, 5.41) is 5.56. The highest BCUT2D eigenvalue weighted by molar-refractivity contribution is 8.08. The van der Waals surface area contributed by atoms with Gasteiger partial charge in [-0.2, -0.15) is 0 Å². The van der Waals surface area contributed by atoms with E-state index in [4.69, 9.17) is 5.73 Å². The van der Waals surface area contributed by atoms with Crippen LogP contribution in [-0.4, -0.2) is 77.4 Å². The molecule has 2 fully saturated rings. The van der Waals surface area contributed by atoms with Crippen LogP contribution in [-0.2, 0) is 27.3 Å². The summed E-state index contributed by atoms with van der Waals surface area (Å²) in [6, 6.07) is 7.20. The minimum Gasteiger partial charge on any atom is -0.351 e. The molecule has 9 heteroatoms. The first-order chi connectivity index (χ1) is 14.4. The van der Waals surface area contributed by atoms with Gasteiger partial charge in [-0.3, -0.25) is 14.4 Å². The molecule has 0 radical (unpaired) electrons. The largest absolute Gasteiger partial charge is 0.351 e. The Morgan fingerprint density at radius 1 is 1.13 bits per heavy atom. The fourth-order valence-corrected chi connectivity index (χ4v) is 3.98. The number of nitrogens with zero attached hydrogens (tertiary/aromatic N) is 2. The number of amides is 3. The molecule has 3 rings (SSSR count). The van der Waals surface area contributed by atoms with Gasteiger partial charge in [-0.05, 0) is 18.2 Å². The highest BCUT2D eigenvalue weighted by Gasteiger charge is 2.41. The first-order valence-electron chi connectivity index (χ1n) is 10.4. The summed E-state index contributed by atoms with van der Waals surface area (Å²) in [5.74, 6) is -0.186. The predicted octanol–water partition coefficient (Wildman–Crippen LogP) is -0.0857. The van der Waals surface area contributed by atoms with Gasteiger partial charge in [-0.25, -0.2) is 0 Å². The number of carbonyl (C=O) groups is 3. The minimum atomic E-state index is -0.570. The van der Waals surface area contributed by atoms with Gasteiger partial charge in [-0.15, -0.1) is 11.8 Å². The Labute approximate surface area is 181 Å². The van der Waals surface area contributed by atoms with E-state index in [1.54, 1.807) is 6.92 Å². The number of likely N-dealkylation sites (N-methyl/N-ethyl adjacent to an activating group) is 1. The molecule has 0 aromatic heterocycles. The zero-order chi connectivity index (χ0) is 21.7. The molecule has 1 aromatic carbocycles. The van der Waals surface area contributed by atoms with Gasteiger partial charge < -0.3 is 26.2 Å². The molecular weight excluding hydrogens is 402 g/mol. The number of nitrogens with one attached hydrogen (secondary N) is 2. The van der Waals surface area contributed by atoms with E-state index >= 15 is 0 Å². The van der Waals surface area contributed by atoms with E-state index in [1.165, 1.54) is 11.8 Å². The van der Waals surface area contributed by atoms with Crippen molar-refractivity contribution in [3.8, 4) is 0 Å². The summed E-state index contributed by atoms with van der Waals surface area (Å²) < 4.78 is 0. The van der Waals surface area contributed by atoms with Crippen molar-refractivity contribution in [2.24, 2.45) is 5.73 Å². The van der Waals surface area contributed by atoms with Gasteiger partial charge in [0.2, 0.25) is 17.7 Å². The van der Waals surface area contributed by atoms with Crippen molar-refractivity contribution in [2.45, 2.75) is 43.0 Å². The number of hydrogen-bond acceptors (Lipinski definition) is 6. The van der Waals surface area contributed by atoms with Gasteiger partial charge in [0, 0.05) is 45.6 Å². The second kappa shape index (κ2) is 10.3. The molecule has 0 aliphatic carbocycles. The molecule has 2 saturated heterocycles. The number of thioether (sulfide) groups is 1. The SMILES string of the molecule is CCC(=O)N[C@H](Cc1ccc(CNC(=O)C2SC2N)cc1)C(=O)N1CCN(C)CC1. The second-order valence-corrected chi connectivity index (χ2v) is 9.19. The lowest BCUT2D eigenvalue weighted by Crippen LogP contribution is -2.54. The minimum absolute atomic E-state index is 0.0282. The van der Waals surface area contributed by atoms with Gasteiger partial charge in [0.1, 0.15) is 11.3 Å². The van der Waals surface area contributed by atoms with Crippen molar-refractivity contribution in [2.75, 3.05) is 33.2 Å². The first kappa shape index (κ1) is 22.6. The number of piperazine rings is 1. The third-order valence-corrected chi connectivity index (χ3v) is 6.56. The summed E-state index contributed by atoms with van der Waals surface area (Å²) in [6.07, 6.45) is 0.783. The van der Waals surface area contributed by atoms with Gasteiger partial charge in [0.25, 0.3) is 0 Å². The van der Waals surface area contributed by atoms with E-state index in [2.05, 4.69) is 15.5 Å². The van der Waals surface area contributed by atoms with Crippen LogP contribution in [0.25, 0.3) is 0 Å². The molecule has 1 aromatic rings. The van der Waals surface area contributed by atoms with Crippen molar-refractivity contribution in [1.82, 2.24) is 20.4 Å². The van der Waals surface area contributed by atoms with E-state index in [0.717, 1.165) is 24.2 Å². The molecule has 2 heterocycles. The zero-order valence-corrected chi connectivity index (χ0v) is 18.4. The Kier molecular flexibility index (Phi) is 7.74. The molecule has 0 spiro atoms. The Bertz CT molecular complexity index is 764. The van der Waals surface area contributed by atoms with Crippen molar-refractivity contribution < 1.29 is 14.4 Å². The van der Waals surface area contributed by atoms with E-state index in [-0.39, 0.29) is 28.3 Å².